The van der Waals surface area contributed by atoms with Gasteiger partial charge in [-0.25, -0.2) is 0 Å². The van der Waals surface area contributed by atoms with Crippen LogP contribution in [0.2, 0.25) is 0 Å². The topological polar surface area (TPSA) is 101 Å². The fourth-order valence-corrected chi connectivity index (χ4v) is 3.61. The summed E-state index contributed by atoms with van der Waals surface area (Å²) in [6.07, 6.45) is 5.63. The summed E-state index contributed by atoms with van der Waals surface area (Å²) in [7, 11) is 0. The fourth-order valence-electron chi connectivity index (χ4n) is 2.58. The zero-order valence-electron chi connectivity index (χ0n) is 13.0. The second kappa shape index (κ2) is 5.92. The highest BCUT2D eigenvalue weighted by Crippen LogP contribution is 2.37. The first-order valence-electron chi connectivity index (χ1n) is 7.34. The van der Waals surface area contributed by atoms with E-state index in [2.05, 4.69) is 10.2 Å². The number of ether oxygens (including phenoxy) is 1. The van der Waals surface area contributed by atoms with Gasteiger partial charge in [0.05, 0.1) is 23.3 Å². The van der Waals surface area contributed by atoms with Crippen LogP contribution in [0.5, 0.6) is 0 Å². The standard InChI is InChI=1S/C16H19N3O3S/c1-16(2,21)13-5-9(3-4-22-13)11-6-12(10-7-18-19-8-10)23-14(11)15(17)20/h5-8,13,21H,3-4H2,1-2H3,(H2,17,20)(H,18,19). The Bertz CT molecular complexity index is 741. The Balaban J connectivity index is 2.05. The number of nitrogens with one attached hydrogen (secondary N) is 1. The van der Waals surface area contributed by atoms with Gasteiger partial charge in [-0.15, -0.1) is 11.3 Å². The molecule has 23 heavy (non-hydrogen) atoms. The second-order valence-corrected chi connectivity index (χ2v) is 7.14. The molecule has 1 amide bonds. The molecule has 1 atom stereocenters. The predicted octanol–water partition coefficient (Wildman–Crippen LogP) is 2.18. The highest BCUT2D eigenvalue weighted by atomic mass is 32.1. The molecule has 0 saturated carbocycles. The molecule has 1 aliphatic heterocycles. The van der Waals surface area contributed by atoms with Crippen LogP contribution in [0.4, 0.5) is 0 Å². The SMILES string of the molecule is CC(C)(O)C1C=C(c2cc(-c3cn[nH]c3)sc2C(N)=O)CCO1. The number of carbonyl (C=O) groups excluding carboxylic acids is 1. The number of hydrogen-bond donors (Lipinski definition) is 3. The molecule has 122 valence electrons. The lowest BCUT2D eigenvalue weighted by molar-refractivity contribution is -0.0654. The van der Waals surface area contributed by atoms with E-state index in [1.165, 1.54) is 11.3 Å². The van der Waals surface area contributed by atoms with E-state index in [9.17, 15) is 9.90 Å². The van der Waals surface area contributed by atoms with Crippen LogP contribution in [0, 0.1) is 0 Å². The summed E-state index contributed by atoms with van der Waals surface area (Å²) < 4.78 is 5.62. The molecule has 0 saturated heterocycles. The first-order valence-corrected chi connectivity index (χ1v) is 8.15. The van der Waals surface area contributed by atoms with Crippen LogP contribution in [0.25, 0.3) is 16.0 Å². The van der Waals surface area contributed by atoms with Gasteiger partial charge in [0.25, 0.3) is 5.91 Å². The number of aromatic nitrogens is 2. The second-order valence-electron chi connectivity index (χ2n) is 6.09. The Labute approximate surface area is 138 Å². The Morgan fingerprint density at radius 1 is 1.57 bits per heavy atom. The minimum atomic E-state index is -0.984. The van der Waals surface area contributed by atoms with Gasteiger partial charge in [0.15, 0.2) is 0 Å². The van der Waals surface area contributed by atoms with Crippen LogP contribution >= 0.6 is 11.3 Å². The van der Waals surface area contributed by atoms with E-state index in [-0.39, 0.29) is 0 Å². The van der Waals surface area contributed by atoms with Crippen molar-refractivity contribution in [3.05, 3.63) is 35.0 Å². The molecule has 6 nitrogen and oxygen atoms in total. The molecule has 0 aromatic carbocycles. The largest absolute Gasteiger partial charge is 0.387 e. The molecule has 0 bridgehead atoms. The smallest absolute Gasteiger partial charge is 0.259 e. The summed E-state index contributed by atoms with van der Waals surface area (Å²) in [4.78, 5) is 13.3. The Morgan fingerprint density at radius 2 is 2.35 bits per heavy atom. The van der Waals surface area contributed by atoms with Crippen molar-refractivity contribution in [3.63, 3.8) is 0 Å². The first-order chi connectivity index (χ1) is 10.9. The zero-order chi connectivity index (χ0) is 16.6. The molecule has 0 fully saturated rings. The maximum absolute atomic E-state index is 11.8. The Hall–Kier alpha value is -1.96. The number of aliphatic hydroxyl groups is 1. The lowest BCUT2D eigenvalue weighted by Crippen LogP contribution is -2.38. The Morgan fingerprint density at radius 3 is 2.96 bits per heavy atom. The molecule has 0 spiro atoms. The van der Waals surface area contributed by atoms with Gasteiger partial charge >= 0.3 is 0 Å². The van der Waals surface area contributed by atoms with Gasteiger partial charge in [-0.2, -0.15) is 5.10 Å². The van der Waals surface area contributed by atoms with Gasteiger partial charge < -0.3 is 15.6 Å². The first kappa shape index (κ1) is 15.9. The van der Waals surface area contributed by atoms with E-state index in [0.29, 0.717) is 17.9 Å². The van der Waals surface area contributed by atoms with E-state index in [4.69, 9.17) is 10.5 Å². The maximum atomic E-state index is 11.8. The normalized spacial score (nSPS) is 18.7. The summed E-state index contributed by atoms with van der Waals surface area (Å²) >= 11 is 1.35. The quantitative estimate of drug-likeness (QED) is 0.798. The monoisotopic (exact) mass is 333 g/mol. The number of H-pyrrole nitrogens is 1. The van der Waals surface area contributed by atoms with Gasteiger partial charge in [0.1, 0.15) is 6.10 Å². The van der Waals surface area contributed by atoms with Gasteiger partial charge in [-0.05, 0) is 38.0 Å². The van der Waals surface area contributed by atoms with Gasteiger partial charge in [-0.1, -0.05) is 0 Å². The molecule has 2 aromatic rings. The number of carbonyl (C=O) groups is 1. The van der Waals surface area contributed by atoms with Gasteiger partial charge in [0, 0.05) is 22.2 Å². The highest BCUT2D eigenvalue weighted by Gasteiger charge is 2.30. The third-order valence-corrected chi connectivity index (χ3v) is 5.00. The summed E-state index contributed by atoms with van der Waals surface area (Å²) in [6, 6.07) is 1.95. The molecule has 1 unspecified atom stereocenters. The van der Waals surface area contributed by atoms with Crippen molar-refractivity contribution in [1.82, 2.24) is 10.2 Å². The molecular weight excluding hydrogens is 314 g/mol. The number of thiophene rings is 1. The molecule has 2 aromatic heterocycles. The van der Waals surface area contributed by atoms with Crippen molar-refractivity contribution < 1.29 is 14.6 Å². The number of aromatic amines is 1. The van der Waals surface area contributed by atoms with Crippen LogP contribution in [-0.2, 0) is 4.74 Å². The number of rotatable bonds is 4. The van der Waals surface area contributed by atoms with Crippen LogP contribution in [-0.4, -0.2) is 39.5 Å². The summed E-state index contributed by atoms with van der Waals surface area (Å²) in [5, 5.41) is 16.9. The van der Waals surface area contributed by atoms with Crippen molar-refractivity contribution >= 4 is 22.8 Å². The van der Waals surface area contributed by atoms with Crippen molar-refractivity contribution in [3.8, 4) is 10.4 Å². The maximum Gasteiger partial charge on any atom is 0.259 e. The van der Waals surface area contributed by atoms with Crippen molar-refractivity contribution in [2.45, 2.75) is 32.0 Å². The van der Waals surface area contributed by atoms with E-state index >= 15 is 0 Å². The highest BCUT2D eigenvalue weighted by molar-refractivity contribution is 7.17. The number of primary amides is 1. The number of hydrogen-bond acceptors (Lipinski definition) is 5. The molecule has 0 radical (unpaired) electrons. The zero-order valence-corrected chi connectivity index (χ0v) is 13.8. The molecule has 3 heterocycles. The summed E-state index contributed by atoms with van der Waals surface area (Å²) in [5.41, 5.74) is 7.27. The molecule has 3 rings (SSSR count). The average Bonchev–Trinajstić information content (AvgIpc) is 3.15. The minimum Gasteiger partial charge on any atom is -0.387 e. The average molecular weight is 333 g/mol. The molecule has 7 heteroatoms. The number of amides is 1. The fraction of sp³-hybridized carbons (Fsp3) is 0.375. The summed E-state index contributed by atoms with van der Waals surface area (Å²) in [6.45, 7) is 3.91. The third kappa shape index (κ3) is 3.21. The van der Waals surface area contributed by atoms with E-state index in [0.717, 1.165) is 21.6 Å². The summed E-state index contributed by atoms with van der Waals surface area (Å²) in [5.74, 6) is -0.452. The van der Waals surface area contributed by atoms with Crippen molar-refractivity contribution in [2.75, 3.05) is 6.61 Å². The van der Waals surface area contributed by atoms with Crippen molar-refractivity contribution in [2.24, 2.45) is 5.73 Å². The van der Waals surface area contributed by atoms with Crippen LogP contribution in [0.15, 0.2) is 24.5 Å². The Kier molecular flexibility index (Phi) is 4.09. The molecule has 1 aliphatic rings. The van der Waals surface area contributed by atoms with Crippen LogP contribution < -0.4 is 5.73 Å². The number of nitrogens with two attached hydrogens (primary N) is 1. The van der Waals surface area contributed by atoms with E-state index < -0.39 is 17.6 Å². The van der Waals surface area contributed by atoms with Gasteiger partial charge in [0.2, 0.25) is 0 Å². The predicted molar refractivity (Wildman–Crippen MR) is 89.1 cm³/mol. The molecular formula is C16H19N3O3S. The minimum absolute atomic E-state index is 0.413. The lowest BCUT2D eigenvalue weighted by Gasteiger charge is -2.31. The van der Waals surface area contributed by atoms with Crippen LogP contribution in [0.1, 0.15) is 35.5 Å². The number of nitrogens with zero attached hydrogens (tertiary/aromatic N) is 1. The molecule has 0 aliphatic carbocycles. The molecule has 4 N–H and O–H groups in total. The van der Waals surface area contributed by atoms with E-state index in [1.807, 2.05) is 12.1 Å². The third-order valence-electron chi connectivity index (χ3n) is 3.80. The van der Waals surface area contributed by atoms with E-state index in [1.54, 1.807) is 26.2 Å². The van der Waals surface area contributed by atoms with Crippen molar-refractivity contribution in [1.29, 1.82) is 0 Å². The van der Waals surface area contributed by atoms with Crippen LogP contribution in [0.3, 0.4) is 0 Å². The van der Waals surface area contributed by atoms with Gasteiger partial charge in [-0.3, -0.25) is 9.89 Å². The lowest BCUT2D eigenvalue weighted by atomic mass is 9.92.